The fourth-order valence-electron chi connectivity index (χ4n) is 4.58. The Labute approximate surface area is 111 Å². The monoisotopic (exact) mass is 252 g/mol. The van der Waals surface area contributed by atoms with Crippen LogP contribution in [0.15, 0.2) is 0 Å². The molecule has 0 aromatic heterocycles. The molecule has 4 aliphatic carbocycles. The average molecular weight is 252 g/mol. The minimum Gasteiger partial charge on any atom is -0.466 e. The molecule has 18 heavy (non-hydrogen) atoms. The van der Waals surface area contributed by atoms with Crippen LogP contribution >= 0.6 is 0 Å². The Morgan fingerprint density at radius 2 is 1.72 bits per heavy atom. The standard InChI is InChI=1S/C9H14.C7H14O2/c1-4-6-3-7-8(4)9(7)5(6)2;1-3-4-5-6-9-7(2)8/h4-9H,3H2,1-2H3;3-6H2,1-2H3. The maximum absolute atomic E-state index is 10.2. The minimum absolute atomic E-state index is 0.175. The van der Waals surface area contributed by atoms with Crippen LogP contribution in [-0.4, -0.2) is 12.6 Å². The van der Waals surface area contributed by atoms with Crippen molar-refractivity contribution in [1.29, 1.82) is 0 Å². The van der Waals surface area contributed by atoms with Gasteiger partial charge in [0.2, 0.25) is 0 Å². The van der Waals surface area contributed by atoms with Crippen LogP contribution in [0.2, 0.25) is 0 Å². The second-order valence-corrected chi connectivity index (χ2v) is 6.48. The highest BCUT2D eigenvalue weighted by Crippen LogP contribution is 2.75. The normalized spacial score (nSPS) is 42.2. The summed E-state index contributed by atoms with van der Waals surface area (Å²) in [6.45, 7) is 9.08. The molecule has 0 aromatic rings. The predicted molar refractivity (Wildman–Crippen MR) is 73.1 cm³/mol. The van der Waals surface area contributed by atoms with E-state index in [4.69, 9.17) is 4.74 Å². The van der Waals surface area contributed by atoms with Gasteiger partial charge in [-0.2, -0.15) is 0 Å². The van der Waals surface area contributed by atoms with Gasteiger partial charge in [0.1, 0.15) is 0 Å². The summed E-state index contributed by atoms with van der Waals surface area (Å²) in [5.41, 5.74) is 0. The second kappa shape index (κ2) is 5.63. The topological polar surface area (TPSA) is 26.3 Å². The lowest BCUT2D eigenvalue weighted by atomic mass is 9.94. The third kappa shape index (κ3) is 2.57. The maximum Gasteiger partial charge on any atom is 0.302 e. The molecule has 4 unspecified atom stereocenters. The first-order chi connectivity index (χ1) is 8.57. The first kappa shape index (κ1) is 13.9. The van der Waals surface area contributed by atoms with Gasteiger partial charge < -0.3 is 4.74 Å². The van der Waals surface area contributed by atoms with Gasteiger partial charge in [0, 0.05) is 6.92 Å². The van der Waals surface area contributed by atoms with Crippen LogP contribution in [0.1, 0.15) is 53.4 Å². The first-order valence-corrected chi connectivity index (χ1v) is 7.71. The number of carbonyl (C=O) groups is 1. The van der Waals surface area contributed by atoms with Gasteiger partial charge in [-0.05, 0) is 48.3 Å². The van der Waals surface area contributed by atoms with Gasteiger partial charge in [-0.15, -0.1) is 0 Å². The number of rotatable bonds is 4. The van der Waals surface area contributed by atoms with E-state index in [9.17, 15) is 4.79 Å². The molecule has 2 nitrogen and oxygen atoms in total. The molecule has 0 spiro atoms. The summed E-state index contributed by atoms with van der Waals surface area (Å²) in [6, 6.07) is 0. The van der Waals surface area contributed by atoms with E-state index in [0.717, 1.165) is 30.6 Å². The largest absolute Gasteiger partial charge is 0.466 e. The molecule has 2 heteroatoms. The van der Waals surface area contributed by atoms with Crippen LogP contribution in [0.3, 0.4) is 0 Å². The molecular formula is C16H28O2. The molecule has 0 saturated heterocycles. The van der Waals surface area contributed by atoms with E-state index in [-0.39, 0.29) is 5.97 Å². The van der Waals surface area contributed by atoms with Crippen LogP contribution in [-0.2, 0) is 9.53 Å². The quantitative estimate of drug-likeness (QED) is 0.560. The van der Waals surface area contributed by atoms with Gasteiger partial charge >= 0.3 is 5.97 Å². The molecule has 0 aromatic carbocycles. The van der Waals surface area contributed by atoms with E-state index in [1.807, 2.05) is 0 Å². The van der Waals surface area contributed by atoms with Crippen LogP contribution in [0, 0.1) is 35.5 Å². The SMILES string of the molecule is CC1C2CC3C1C3C2C.CCCCCOC(C)=O. The van der Waals surface area contributed by atoms with Crippen molar-refractivity contribution in [2.24, 2.45) is 35.5 Å². The molecule has 4 bridgehead atoms. The predicted octanol–water partition coefficient (Wildman–Crippen LogP) is 3.89. The summed E-state index contributed by atoms with van der Waals surface area (Å²) < 4.78 is 4.70. The molecule has 0 amide bonds. The van der Waals surface area contributed by atoms with Gasteiger partial charge in [0.15, 0.2) is 0 Å². The number of carbonyl (C=O) groups excluding carboxylic acids is 1. The number of hydrogen-bond acceptors (Lipinski definition) is 2. The molecule has 4 fully saturated rings. The fourth-order valence-corrected chi connectivity index (χ4v) is 4.58. The molecule has 0 aliphatic heterocycles. The van der Waals surface area contributed by atoms with E-state index < -0.39 is 0 Å². The lowest BCUT2D eigenvalue weighted by Gasteiger charge is -2.11. The fraction of sp³-hybridized carbons (Fsp3) is 0.938. The highest BCUT2D eigenvalue weighted by molar-refractivity contribution is 5.65. The van der Waals surface area contributed by atoms with Crippen molar-refractivity contribution in [2.45, 2.75) is 53.4 Å². The lowest BCUT2D eigenvalue weighted by Crippen LogP contribution is -2.05. The number of ether oxygens (including phenoxy) is 1. The van der Waals surface area contributed by atoms with Crippen molar-refractivity contribution in [3.63, 3.8) is 0 Å². The third-order valence-electron chi connectivity index (χ3n) is 5.45. The number of hydrogen-bond donors (Lipinski definition) is 0. The molecule has 104 valence electrons. The summed E-state index contributed by atoms with van der Waals surface area (Å²) in [5, 5.41) is 0. The first-order valence-electron chi connectivity index (χ1n) is 7.71. The van der Waals surface area contributed by atoms with Crippen molar-refractivity contribution in [3.05, 3.63) is 0 Å². The van der Waals surface area contributed by atoms with Gasteiger partial charge in [-0.1, -0.05) is 33.6 Å². The smallest absolute Gasteiger partial charge is 0.302 e. The summed E-state index contributed by atoms with van der Waals surface area (Å²) >= 11 is 0. The summed E-state index contributed by atoms with van der Waals surface area (Å²) in [4.78, 5) is 10.2. The molecule has 0 heterocycles. The number of esters is 1. The van der Waals surface area contributed by atoms with Crippen molar-refractivity contribution >= 4 is 5.97 Å². The number of unbranched alkanes of at least 4 members (excludes halogenated alkanes) is 2. The highest BCUT2D eigenvalue weighted by Gasteiger charge is 2.70. The molecule has 4 atom stereocenters. The Morgan fingerprint density at radius 1 is 1.11 bits per heavy atom. The van der Waals surface area contributed by atoms with Crippen molar-refractivity contribution in [1.82, 2.24) is 0 Å². The zero-order chi connectivity index (χ0) is 13.3. The Bertz CT molecular complexity index is 279. The Balaban J connectivity index is 0.000000134. The van der Waals surface area contributed by atoms with E-state index >= 15 is 0 Å². The molecular weight excluding hydrogens is 224 g/mol. The Kier molecular flexibility index (Phi) is 4.34. The zero-order valence-electron chi connectivity index (χ0n) is 12.3. The van der Waals surface area contributed by atoms with Crippen molar-refractivity contribution < 1.29 is 9.53 Å². The summed E-state index contributed by atoms with van der Waals surface area (Å²) in [7, 11) is 0. The van der Waals surface area contributed by atoms with Crippen molar-refractivity contribution in [2.75, 3.05) is 6.61 Å². The molecule has 4 saturated carbocycles. The van der Waals surface area contributed by atoms with E-state index in [2.05, 4.69) is 20.8 Å². The van der Waals surface area contributed by atoms with E-state index in [0.29, 0.717) is 6.61 Å². The molecule has 4 aliphatic rings. The molecule has 0 radical (unpaired) electrons. The summed E-state index contributed by atoms with van der Waals surface area (Å²) in [5.74, 6) is 6.79. The van der Waals surface area contributed by atoms with E-state index in [1.165, 1.54) is 31.1 Å². The van der Waals surface area contributed by atoms with Crippen molar-refractivity contribution in [3.8, 4) is 0 Å². The summed E-state index contributed by atoms with van der Waals surface area (Å²) in [6.07, 6.45) is 4.91. The Hall–Kier alpha value is -0.530. The van der Waals surface area contributed by atoms with Crippen LogP contribution in [0.4, 0.5) is 0 Å². The average Bonchev–Trinajstić information content (AvgIpc) is 2.71. The van der Waals surface area contributed by atoms with Gasteiger partial charge in [-0.25, -0.2) is 0 Å². The highest BCUT2D eigenvalue weighted by atomic mass is 16.5. The Morgan fingerprint density at radius 3 is 2.00 bits per heavy atom. The maximum atomic E-state index is 10.2. The molecule has 0 N–H and O–H groups in total. The van der Waals surface area contributed by atoms with Gasteiger partial charge in [0.25, 0.3) is 0 Å². The second-order valence-electron chi connectivity index (χ2n) is 6.48. The van der Waals surface area contributed by atoms with Crippen LogP contribution < -0.4 is 0 Å². The lowest BCUT2D eigenvalue weighted by molar-refractivity contribution is -0.141. The van der Waals surface area contributed by atoms with Crippen LogP contribution in [0.25, 0.3) is 0 Å². The third-order valence-corrected chi connectivity index (χ3v) is 5.45. The van der Waals surface area contributed by atoms with E-state index in [1.54, 1.807) is 6.42 Å². The van der Waals surface area contributed by atoms with Crippen LogP contribution in [0.5, 0.6) is 0 Å². The van der Waals surface area contributed by atoms with Gasteiger partial charge in [-0.3, -0.25) is 4.79 Å². The zero-order valence-corrected chi connectivity index (χ0v) is 12.3. The minimum atomic E-state index is -0.175. The van der Waals surface area contributed by atoms with Gasteiger partial charge in [0.05, 0.1) is 6.61 Å². The molecule has 4 rings (SSSR count).